The number of hydrogen-bond acceptors (Lipinski definition) is 2. The highest BCUT2D eigenvalue weighted by molar-refractivity contribution is 9.10. The van der Waals surface area contributed by atoms with Crippen LogP contribution < -0.4 is 5.73 Å². The van der Waals surface area contributed by atoms with Gasteiger partial charge in [-0.3, -0.25) is 0 Å². The van der Waals surface area contributed by atoms with Crippen molar-refractivity contribution in [2.24, 2.45) is 5.73 Å². The van der Waals surface area contributed by atoms with Gasteiger partial charge in [-0.1, -0.05) is 27.5 Å². The first-order valence-corrected chi connectivity index (χ1v) is 7.84. The van der Waals surface area contributed by atoms with E-state index in [2.05, 4.69) is 43.3 Å². The second-order valence-electron chi connectivity index (χ2n) is 3.71. The van der Waals surface area contributed by atoms with Crippen molar-refractivity contribution in [3.63, 3.8) is 0 Å². The lowest BCUT2D eigenvalue weighted by molar-refractivity contribution is 0.726. The predicted octanol–water partition coefficient (Wildman–Crippen LogP) is 5.17. The summed E-state index contributed by atoms with van der Waals surface area (Å²) < 4.78 is 2.11. The van der Waals surface area contributed by atoms with E-state index in [4.69, 9.17) is 17.3 Å². The molecule has 1 aromatic carbocycles. The molecule has 0 aliphatic heterocycles. The second kappa shape index (κ2) is 5.85. The Morgan fingerprint density at radius 3 is 2.71 bits per heavy atom. The summed E-state index contributed by atoms with van der Waals surface area (Å²) in [5.74, 6) is 0. The Bertz CT molecular complexity index is 527. The standard InChI is InChI=1S/C12H10Br2ClNS/c13-7-3-9(17-6-7)5-12(16)10-4-8(15)1-2-11(10)14/h1-4,6,12H,5,16H2. The molecule has 1 nitrogen and oxygen atoms in total. The van der Waals surface area contributed by atoms with Crippen LogP contribution in [0.15, 0.2) is 38.6 Å². The lowest BCUT2D eigenvalue weighted by Gasteiger charge is -2.13. The van der Waals surface area contributed by atoms with Crippen LogP contribution in [0.4, 0.5) is 0 Å². The van der Waals surface area contributed by atoms with E-state index in [1.807, 2.05) is 18.2 Å². The van der Waals surface area contributed by atoms with Crippen molar-refractivity contribution in [2.75, 3.05) is 0 Å². The second-order valence-corrected chi connectivity index (χ2v) is 6.91. The predicted molar refractivity (Wildman–Crippen MR) is 81.8 cm³/mol. The van der Waals surface area contributed by atoms with E-state index in [9.17, 15) is 0 Å². The molecule has 0 amide bonds. The molecule has 1 aromatic heterocycles. The first kappa shape index (κ1) is 13.6. The summed E-state index contributed by atoms with van der Waals surface area (Å²) in [7, 11) is 0. The highest BCUT2D eigenvalue weighted by Crippen LogP contribution is 2.29. The Labute approximate surface area is 126 Å². The quantitative estimate of drug-likeness (QED) is 0.762. The number of hydrogen-bond donors (Lipinski definition) is 1. The number of thiophene rings is 1. The first-order valence-electron chi connectivity index (χ1n) is 4.99. The molecule has 0 aliphatic rings. The molecular formula is C12H10Br2ClNS. The van der Waals surface area contributed by atoms with E-state index in [1.165, 1.54) is 4.88 Å². The summed E-state index contributed by atoms with van der Waals surface area (Å²) in [5, 5.41) is 2.78. The molecule has 0 saturated heterocycles. The van der Waals surface area contributed by atoms with E-state index >= 15 is 0 Å². The maximum absolute atomic E-state index is 6.21. The Morgan fingerprint density at radius 1 is 1.29 bits per heavy atom. The summed E-state index contributed by atoms with van der Waals surface area (Å²) in [6, 6.07) is 7.75. The molecule has 0 bridgehead atoms. The molecule has 17 heavy (non-hydrogen) atoms. The van der Waals surface area contributed by atoms with Gasteiger partial charge < -0.3 is 5.73 Å². The molecule has 0 radical (unpaired) electrons. The molecule has 90 valence electrons. The minimum Gasteiger partial charge on any atom is -0.324 e. The van der Waals surface area contributed by atoms with E-state index < -0.39 is 0 Å². The van der Waals surface area contributed by atoms with Crippen molar-refractivity contribution in [2.45, 2.75) is 12.5 Å². The van der Waals surface area contributed by atoms with Crippen LogP contribution in [-0.2, 0) is 6.42 Å². The first-order chi connectivity index (χ1) is 8.06. The van der Waals surface area contributed by atoms with Crippen LogP contribution in [0.5, 0.6) is 0 Å². The Hall–Kier alpha value is 0.130. The summed E-state index contributed by atoms with van der Waals surface area (Å²) >= 11 is 14.6. The fraction of sp³-hybridized carbons (Fsp3) is 0.167. The lowest BCUT2D eigenvalue weighted by Crippen LogP contribution is -2.13. The maximum Gasteiger partial charge on any atom is 0.0410 e. The number of rotatable bonds is 3. The third kappa shape index (κ3) is 3.55. The normalized spacial score (nSPS) is 12.7. The molecule has 1 unspecified atom stereocenters. The molecule has 0 saturated carbocycles. The molecule has 2 rings (SSSR count). The largest absolute Gasteiger partial charge is 0.324 e. The average molecular weight is 396 g/mol. The summed E-state index contributed by atoms with van der Waals surface area (Å²) in [6.07, 6.45) is 0.815. The zero-order valence-corrected chi connectivity index (χ0v) is 13.5. The molecule has 0 fully saturated rings. The average Bonchev–Trinajstić information content (AvgIpc) is 2.67. The van der Waals surface area contributed by atoms with Gasteiger partial charge in [-0.25, -0.2) is 0 Å². The fourth-order valence-electron chi connectivity index (χ4n) is 1.59. The van der Waals surface area contributed by atoms with Gasteiger partial charge in [0.05, 0.1) is 0 Å². The SMILES string of the molecule is NC(Cc1cc(Br)cs1)c1cc(Cl)ccc1Br. The van der Waals surface area contributed by atoms with Crippen LogP contribution >= 0.6 is 54.8 Å². The van der Waals surface area contributed by atoms with Crippen LogP contribution in [0.3, 0.4) is 0 Å². The van der Waals surface area contributed by atoms with Crippen LogP contribution in [-0.4, -0.2) is 0 Å². The third-order valence-corrected chi connectivity index (χ3v) is 5.08. The van der Waals surface area contributed by atoms with Gasteiger partial charge in [-0.15, -0.1) is 11.3 Å². The smallest absolute Gasteiger partial charge is 0.0410 e. The van der Waals surface area contributed by atoms with Crippen molar-refractivity contribution < 1.29 is 0 Å². The van der Waals surface area contributed by atoms with Crippen LogP contribution in [0, 0.1) is 0 Å². The number of halogens is 3. The van der Waals surface area contributed by atoms with Gasteiger partial charge in [0.25, 0.3) is 0 Å². The Morgan fingerprint density at radius 2 is 2.06 bits per heavy atom. The van der Waals surface area contributed by atoms with Crippen LogP contribution in [0.2, 0.25) is 5.02 Å². The van der Waals surface area contributed by atoms with Crippen molar-refractivity contribution in [3.8, 4) is 0 Å². The van der Waals surface area contributed by atoms with Crippen molar-refractivity contribution in [1.82, 2.24) is 0 Å². The monoisotopic (exact) mass is 393 g/mol. The third-order valence-electron chi connectivity index (χ3n) is 2.40. The fourth-order valence-corrected chi connectivity index (χ4v) is 3.82. The summed E-state index contributed by atoms with van der Waals surface area (Å²) in [5.41, 5.74) is 7.25. The molecule has 0 spiro atoms. The number of benzene rings is 1. The van der Waals surface area contributed by atoms with E-state index in [1.54, 1.807) is 11.3 Å². The van der Waals surface area contributed by atoms with Gasteiger partial charge in [0.2, 0.25) is 0 Å². The zero-order valence-electron chi connectivity index (χ0n) is 8.79. The highest BCUT2D eigenvalue weighted by atomic mass is 79.9. The molecule has 2 aromatic rings. The summed E-state index contributed by atoms with van der Waals surface area (Å²) in [4.78, 5) is 1.26. The zero-order chi connectivity index (χ0) is 12.4. The molecule has 2 N–H and O–H groups in total. The maximum atomic E-state index is 6.21. The van der Waals surface area contributed by atoms with Gasteiger partial charge in [0.1, 0.15) is 0 Å². The van der Waals surface area contributed by atoms with Crippen LogP contribution in [0.25, 0.3) is 0 Å². The number of nitrogens with two attached hydrogens (primary N) is 1. The van der Waals surface area contributed by atoms with Crippen molar-refractivity contribution in [3.05, 3.63) is 54.1 Å². The van der Waals surface area contributed by atoms with Crippen molar-refractivity contribution in [1.29, 1.82) is 0 Å². The van der Waals surface area contributed by atoms with Crippen LogP contribution in [0.1, 0.15) is 16.5 Å². The molecule has 5 heteroatoms. The molecule has 0 aliphatic carbocycles. The Balaban J connectivity index is 2.19. The molecule has 1 heterocycles. The summed E-state index contributed by atoms with van der Waals surface area (Å²) in [6.45, 7) is 0. The van der Waals surface area contributed by atoms with Crippen molar-refractivity contribution >= 4 is 54.8 Å². The van der Waals surface area contributed by atoms with E-state index in [0.29, 0.717) is 5.02 Å². The Kier molecular flexibility index (Phi) is 4.66. The van der Waals surface area contributed by atoms with Gasteiger partial charge >= 0.3 is 0 Å². The molecule has 1 atom stereocenters. The topological polar surface area (TPSA) is 26.0 Å². The van der Waals surface area contributed by atoms with E-state index in [-0.39, 0.29) is 6.04 Å². The minimum atomic E-state index is -0.0476. The van der Waals surface area contributed by atoms with Gasteiger partial charge in [0, 0.05) is 36.7 Å². The minimum absolute atomic E-state index is 0.0476. The van der Waals surface area contributed by atoms with E-state index in [0.717, 1.165) is 20.9 Å². The van der Waals surface area contributed by atoms with Gasteiger partial charge in [-0.2, -0.15) is 0 Å². The highest BCUT2D eigenvalue weighted by Gasteiger charge is 2.12. The van der Waals surface area contributed by atoms with Gasteiger partial charge in [-0.05, 0) is 45.8 Å². The lowest BCUT2D eigenvalue weighted by atomic mass is 10.0. The molecular weight excluding hydrogens is 385 g/mol. The van der Waals surface area contributed by atoms with Gasteiger partial charge in [0.15, 0.2) is 0 Å².